The van der Waals surface area contributed by atoms with Gasteiger partial charge in [-0.2, -0.15) is 23.5 Å². The van der Waals surface area contributed by atoms with Crippen LogP contribution in [0.4, 0.5) is 0 Å². The van der Waals surface area contributed by atoms with Crippen molar-refractivity contribution in [2.45, 2.75) is 12.1 Å². The smallest absolute Gasteiger partial charge is 0.0594 e. The first-order valence-corrected chi connectivity index (χ1v) is 10.3. The van der Waals surface area contributed by atoms with Crippen molar-refractivity contribution in [1.29, 1.82) is 0 Å². The molecule has 0 bridgehead atoms. The summed E-state index contributed by atoms with van der Waals surface area (Å²) in [4.78, 5) is 6.85. The Kier molecular flexibility index (Phi) is 6.88. The Morgan fingerprint density at radius 1 is 1.27 bits per heavy atom. The Morgan fingerprint density at radius 2 is 2.05 bits per heavy atom. The second-order valence-corrected chi connectivity index (χ2v) is 8.01. The number of nitrogens with one attached hydrogen (secondary N) is 1. The third-order valence-corrected chi connectivity index (χ3v) is 6.69. The molecule has 1 aromatic rings. The van der Waals surface area contributed by atoms with Crippen LogP contribution in [0.25, 0.3) is 0 Å². The molecular formula is C16H25N3OS2. The summed E-state index contributed by atoms with van der Waals surface area (Å²) >= 11 is 4.16. The minimum absolute atomic E-state index is 0.399. The number of rotatable bonds is 5. The van der Waals surface area contributed by atoms with Crippen molar-refractivity contribution in [2.24, 2.45) is 0 Å². The summed E-state index contributed by atoms with van der Waals surface area (Å²) < 4.78 is 5.51. The average molecular weight is 340 g/mol. The predicted octanol–water partition coefficient (Wildman–Crippen LogP) is 1.89. The molecule has 0 aromatic carbocycles. The van der Waals surface area contributed by atoms with Gasteiger partial charge in [0, 0.05) is 67.1 Å². The lowest BCUT2D eigenvalue weighted by molar-refractivity contribution is 0.0158. The molecule has 0 saturated carbocycles. The van der Waals surface area contributed by atoms with E-state index in [0.29, 0.717) is 12.1 Å². The third-order valence-electron chi connectivity index (χ3n) is 4.17. The van der Waals surface area contributed by atoms with Crippen LogP contribution in [0.5, 0.6) is 0 Å². The lowest BCUT2D eigenvalue weighted by Crippen LogP contribution is -2.45. The summed E-state index contributed by atoms with van der Waals surface area (Å²) in [5.41, 5.74) is 1.31. The predicted molar refractivity (Wildman–Crippen MR) is 95.8 cm³/mol. The lowest BCUT2D eigenvalue weighted by Gasteiger charge is -2.35. The fourth-order valence-electron chi connectivity index (χ4n) is 2.93. The molecule has 0 amide bonds. The van der Waals surface area contributed by atoms with Crippen molar-refractivity contribution < 1.29 is 4.74 Å². The van der Waals surface area contributed by atoms with E-state index in [9.17, 15) is 0 Å². The SMILES string of the molecule is c1cncc([C@H](CNC2CSCCSC2)N2CCOCC2)c1. The third kappa shape index (κ3) is 4.86. The van der Waals surface area contributed by atoms with Crippen molar-refractivity contribution in [3.05, 3.63) is 30.1 Å². The van der Waals surface area contributed by atoms with Gasteiger partial charge in [-0.25, -0.2) is 0 Å². The quantitative estimate of drug-likeness (QED) is 0.883. The molecule has 122 valence electrons. The van der Waals surface area contributed by atoms with Crippen molar-refractivity contribution in [3.8, 4) is 0 Å². The Balaban J connectivity index is 1.62. The Morgan fingerprint density at radius 3 is 2.73 bits per heavy atom. The lowest BCUT2D eigenvalue weighted by atomic mass is 10.1. The minimum atomic E-state index is 0.399. The zero-order valence-electron chi connectivity index (χ0n) is 12.9. The van der Waals surface area contributed by atoms with Crippen LogP contribution in [-0.2, 0) is 4.74 Å². The van der Waals surface area contributed by atoms with Gasteiger partial charge in [0.05, 0.1) is 13.2 Å². The molecule has 1 aromatic heterocycles. The number of thioether (sulfide) groups is 2. The molecule has 3 heterocycles. The van der Waals surface area contributed by atoms with Gasteiger partial charge in [-0.3, -0.25) is 9.88 Å². The Labute approximate surface area is 141 Å². The molecule has 2 aliphatic heterocycles. The van der Waals surface area contributed by atoms with Crippen LogP contribution in [-0.4, -0.2) is 71.8 Å². The van der Waals surface area contributed by atoms with Crippen molar-refractivity contribution in [3.63, 3.8) is 0 Å². The maximum atomic E-state index is 5.51. The molecule has 2 saturated heterocycles. The summed E-state index contributed by atoms with van der Waals surface area (Å²) in [6, 6.07) is 5.26. The maximum absolute atomic E-state index is 5.51. The molecule has 2 fully saturated rings. The number of pyridine rings is 1. The topological polar surface area (TPSA) is 37.4 Å². The van der Waals surface area contributed by atoms with E-state index in [1.54, 1.807) is 0 Å². The van der Waals surface area contributed by atoms with E-state index < -0.39 is 0 Å². The van der Waals surface area contributed by atoms with Gasteiger partial charge >= 0.3 is 0 Å². The molecule has 0 spiro atoms. The first-order chi connectivity index (χ1) is 10.9. The molecule has 1 atom stereocenters. The van der Waals surface area contributed by atoms with Gasteiger partial charge in [-0.05, 0) is 11.6 Å². The standard InChI is InChI=1S/C16H25N3OS2/c1-2-14(10-17-3-1)16(19-4-6-20-7-5-19)11-18-15-12-21-8-9-22-13-15/h1-3,10,15-16,18H,4-9,11-13H2/t16-/m0/s1. The largest absolute Gasteiger partial charge is 0.379 e. The van der Waals surface area contributed by atoms with E-state index in [2.05, 4.69) is 44.8 Å². The van der Waals surface area contributed by atoms with E-state index in [1.165, 1.54) is 28.6 Å². The van der Waals surface area contributed by atoms with E-state index in [4.69, 9.17) is 4.74 Å². The monoisotopic (exact) mass is 339 g/mol. The average Bonchev–Trinajstić information content (AvgIpc) is 2.86. The normalized spacial score (nSPS) is 23.1. The number of hydrogen-bond acceptors (Lipinski definition) is 6. The summed E-state index contributed by atoms with van der Waals surface area (Å²) in [5.74, 6) is 5.04. The highest BCUT2D eigenvalue weighted by molar-refractivity contribution is 8.03. The molecule has 22 heavy (non-hydrogen) atoms. The Bertz CT molecular complexity index is 421. The number of aromatic nitrogens is 1. The van der Waals surface area contributed by atoms with Crippen LogP contribution in [0.15, 0.2) is 24.5 Å². The highest BCUT2D eigenvalue weighted by Gasteiger charge is 2.24. The van der Waals surface area contributed by atoms with Crippen LogP contribution in [0, 0.1) is 0 Å². The highest BCUT2D eigenvalue weighted by Crippen LogP contribution is 2.22. The fourth-order valence-corrected chi connectivity index (χ4v) is 5.40. The number of morpholine rings is 1. The second-order valence-electron chi connectivity index (χ2n) is 5.71. The zero-order valence-corrected chi connectivity index (χ0v) is 14.6. The number of nitrogens with zero attached hydrogens (tertiary/aromatic N) is 2. The molecule has 0 unspecified atom stereocenters. The maximum Gasteiger partial charge on any atom is 0.0594 e. The van der Waals surface area contributed by atoms with E-state index in [0.717, 1.165) is 32.8 Å². The minimum Gasteiger partial charge on any atom is -0.379 e. The molecule has 0 radical (unpaired) electrons. The summed E-state index contributed by atoms with van der Waals surface area (Å²) in [6.07, 6.45) is 3.87. The van der Waals surface area contributed by atoms with Crippen molar-refractivity contribution in [1.82, 2.24) is 15.2 Å². The van der Waals surface area contributed by atoms with E-state index in [1.807, 2.05) is 18.5 Å². The van der Waals surface area contributed by atoms with Gasteiger partial charge in [0.1, 0.15) is 0 Å². The summed E-state index contributed by atoms with van der Waals surface area (Å²) in [6.45, 7) is 4.69. The van der Waals surface area contributed by atoms with Gasteiger partial charge in [-0.15, -0.1) is 0 Å². The zero-order chi connectivity index (χ0) is 15.0. The molecule has 6 heteroatoms. The van der Waals surface area contributed by atoms with Gasteiger partial charge < -0.3 is 10.1 Å². The summed E-state index contributed by atoms with van der Waals surface area (Å²) in [5, 5.41) is 3.81. The Hall–Kier alpha value is -0.270. The van der Waals surface area contributed by atoms with Gasteiger partial charge in [0.2, 0.25) is 0 Å². The van der Waals surface area contributed by atoms with Crippen molar-refractivity contribution >= 4 is 23.5 Å². The second kappa shape index (κ2) is 9.13. The fraction of sp³-hybridized carbons (Fsp3) is 0.688. The van der Waals surface area contributed by atoms with Gasteiger partial charge in [0.25, 0.3) is 0 Å². The molecule has 1 N–H and O–H groups in total. The van der Waals surface area contributed by atoms with Crippen molar-refractivity contribution in [2.75, 3.05) is 55.9 Å². The van der Waals surface area contributed by atoms with E-state index >= 15 is 0 Å². The number of ether oxygens (including phenoxy) is 1. The first-order valence-electron chi connectivity index (χ1n) is 8.04. The summed E-state index contributed by atoms with van der Waals surface area (Å²) in [7, 11) is 0. The van der Waals surface area contributed by atoms with Crippen LogP contribution in [0.1, 0.15) is 11.6 Å². The molecule has 3 rings (SSSR count). The van der Waals surface area contributed by atoms with Crippen LogP contribution in [0.2, 0.25) is 0 Å². The van der Waals surface area contributed by atoms with Crippen LogP contribution >= 0.6 is 23.5 Å². The van der Waals surface area contributed by atoms with Gasteiger partial charge in [0.15, 0.2) is 0 Å². The highest BCUT2D eigenvalue weighted by atomic mass is 32.2. The number of hydrogen-bond donors (Lipinski definition) is 1. The molecule has 4 nitrogen and oxygen atoms in total. The first kappa shape index (κ1) is 16.6. The molecule has 2 aliphatic rings. The molecular weight excluding hydrogens is 314 g/mol. The van der Waals surface area contributed by atoms with Crippen LogP contribution in [0.3, 0.4) is 0 Å². The van der Waals surface area contributed by atoms with E-state index in [-0.39, 0.29) is 0 Å². The molecule has 0 aliphatic carbocycles. The van der Waals surface area contributed by atoms with Crippen LogP contribution < -0.4 is 5.32 Å². The van der Waals surface area contributed by atoms with Gasteiger partial charge in [-0.1, -0.05) is 6.07 Å².